The van der Waals surface area contributed by atoms with Crippen molar-refractivity contribution >= 4 is 0 Å². The lowest BCUT2D eigenvalue weighted by molar-refractivity contribution is -0.0293. The molecule has 0 unspecified atom stereocenters. The highest BCUT2D eigenvalue weighted by atomic mass is 16.5. The summed E-state index contributed by atoms with van der Waals surface area (Å²) >= 11 is 0. The second-order valence-corrected chi connectivity index (χ2v) is 3.49. The summed E-state index contributed by atoms with van der Waals surface area (Å²) in [7, 11) is 0. The van der Waals surface area contributed by atoms with Gasteiger partial charge in [-0.2, -0.15) is 0 Å². The Morgan fingerprint density at radius 1 is 1.27 bits per heavy atom. The Hall–Kier alpha value is -1.75. The van der Waals surface area contributed by atoms with Crippen molar-refractivity contribution in [3.63, 3.8) is 0 Å². The van der Waals surface area contributed by atoms with Gasteiger partial charge in [-0.15, -0.1) is 5.10 Å². The summed E-state index contributed by atoms with van der Waals surface area (Å²) < 4.78 is 6.94. The molecule has 2 aromatic heterocycles. The molecule has 2 aromatic rings. The van der Waals surface area contributed by atoms with E-state index in [1.54, 1.807) is 6.20 Å². The molecule has 1 aliphatic rings. The number of hydrogen-bond donors (Lipinski definition) is 0. The Balaban J connectivity index is 1.90. The van der Waals surface area contributed by atoms with E-state index in [4.69, 9.17) is 4.74 Å². The molecule has 0 N–H and O–H groups in total. The number of hydrogen-bond acceptors (Lipinski definition) is 4. The first-order chi connectivity index (χ1) is 7.43. The van der Waals surface area contributed by atoms with Crippen LogP contribution in [0.4, 0.5) is 0 Å². The molecule has 0 radical (unpaired) electrons. The minimum atomic E-state index is 0.343. The zero-order valence-corrected chi connectivity index (χ0v) is 8.08. The summed E-state index contributed by atoms with van der Waals surface area (Å²) in [4.78, 5) is 4.22. The van der Waals surface area contributed by atoms with Crippen LogP contribution in [0.1, 0.15) is 6.04 Å². The average molecular weight is 202 g/mol. The molecular formula is C10H10N4O. The van der Waals surface area contributed by atoms with Crippen LogP contribution in [0.2, 0.25) is 0 Å². The van der Waals surface area contributed by atoms with E-state index < -0.39 is 0 Å². The van der Waals surface area contributed by atoms with Crippen LogP contribution in [0, 0.1) is 0 Å². The number of ether oxygens (including phenoxy) is 1. The monoisotopic (exact) mass is 202 g/mol. The van der Waals surface area contributed by atoms with Crippen molar-refractivity contribution in [2.75, 3.05) is 13.2 Å². The zero-order chi connectivity index (χ0) is 10.1. The molecule has 0 amide bonds. The molecule has 5 nitrogen and oxygen atoms in total. The van der Waals surface area contributed by atoms with Crippen molar-refractivity contribution in [2.45, 2.75) is 6.04 Å². The standard InChI is InChI=1S/C10H10N4O/c1-2-4-11-9(3-1)10-5-14(13-12-10)8-6-15-7-8/h1-5,8H,6-7H2. The third-order valence-electron chi connectivity index (χ3n) is 2.43. The summed E-state index contributed by atoms with van der Waals surface area (Å²) in [5, 5.41) is 8.15. The largest absolute Gasteiger partial charge is 0.377 e. The predicted octanol–water partition coefficient (Wildman–Crippen LogP) is 0.911. The fourth-order valence-corrected chi connectivity index (χ4v) is 1.46. The number of pyridine rings is 1. The van der Waals surface area contributed by atoms with E-state index in [-0.39, 0.29) is 0 Å². The van der Waals surface area contributed by atoms with Gasteiger partial charge in [-0.05, 0) is 12.1 Å². The van der Waals surface area contributed by atoms with E-state index in [0.29, 0.717) is 6.04 Å². The highest BCUT2D eigenvalue weighted by Crippen LogP contribution is 2.18. The van der Waals surface area contributed by atoms with E-state index in [1.807, 2.05) is 29.1 Å². The quantitative estimate of drug-likeness (QED) is 0.726. The summed E-state index contributed by atoms with van der Waals surface area (Å²) in [5.41, 5.74) is 1.66. The van der Waals surface area contributed by atoms with Gasteiger partial charge in [0.15, 0.2) is 0 Å². The third kappa shape index (κ3) is 1.50. The summed E-state index contributed by atoms with van der Waals surface area (Å²) in [6, 6.07) is 6.09. The van der Waals surface area contributed by atoms with E-state index in [2.05, 4.69) is 15.3 Å². The lowest BCUT2D eigenvalue weighted by Crippen LogP contribution is -2.30. The van der Waals surface area contributed by atoms with Gasteiger partial charge in [0, 0.05) is 6.20 Å². The molecule has 1 aliphatic heterocycles. The minimum Gasteiger partial charge on any atom is -0.377 e. The predicted molar refractivity (Wildman–Crippen MR) is 53.1 cm³/mol. The highest BCUT2D eigenvalue weighted by molar-refractivity contribution is 5.51. The highest BCUT2D eigenvalue weighted by Gasteiger charge is 2.21. The van der Waals surface area contributed by atoms with Crippen LogP contribution in [0.15, 0.2) is 30.6 Å². The summed E-state index contributed by atoms with van der Waals surface area (Å²) in [6.07, 6.45) is 3.66. The molecule has 0 aromatic carbocycles. The average Bonchev–Trinajstić information content (AvgIpc) is 2.66. The molecule has 5 heteroatoms. The van der Waals surface area contributed by atoms with Crippen molar-refractivity contribution in [1.82, 2.24) is 20.0 Å². The first-order valence-corrected chi connectivity index (χ1v) is 4.84. The topological polar surface area (TPSA) is 52.8 Å². The lowest BCUT2D eigenvalue weighted by Gasteiger charge is -2.25. The van der Waals surface area contributed by atoms with Gasteiger partial charge in [0.1, 0.15) is 11.7 Å². The van der Waals surface area contributed by atoms with Gasteiger partial charge in [0.25, 0.3) is 0 Å². The molecular weight excluding hydrogens is 192 g/mol. The number of nitrogens with zero attached hydrogens (tertiary/aromatic N) is 4. The molecule has 3 rings (SSSR count). The fraction of sp³-hybridized carbons (Fsp3) is 0.300. The molecule has 0 spiro atoms. The second kappa shape index (κ2) is 3.43. The van der Waals surface area contributed by atoms with Gasteiger partial charge in [0.05, 0.1) is 25.1 Å². The van der Waals surface area contributed by atoms with E-state index in [9.17, 15) is 0 Å². The third-order valence-corrected chi connectivity index (χ3v) is 2.43. The van der Waals surface area contributed by atoms with Crippen molar-refractivity contribution in [1.29, 1.82) is 0 Å². The summed E-state index contributed by atoms with van der Waals surface area (Å²) in [6.45, 7) is 1.45. The maximum atomic E-state index is 5.10. The van der Waals surface area contributed by atoms with Crippen LogP contribution < -0.4 is 0 Å². The van der Waals surface area contributed by atoms with Crippen molar-refractivity contribution in [2.24, 2.45) is 0 Å². The van der Waals surface area contributed by atoms with Crippen LogP contribution >= 0.6 is 0 Å². The van der Waals surface area contributed by atoms with Crippen molar-refractivity contribution < 1.29 is 4.74 Å². The normalized spacial score (nSPS) is 16.3. The van der Waals surface area contributed by atoms with Crippen molar-refractivity contribution in [3.8, 4) is 11.4 Å². The Morgan fingerprint density at radius 2 is 2.20 bits per heavy atom. The summed E-state index contributed by atoms with van der Waals surface area (Å²) in [5.74, 6) is 0. The van der Waals surface area contributed by atoms with E-state index >= 15 is 0 Å². The van der Waals surface area contributed by atoms with E-state index in [1.165, 1.54) is 0 Å². The van der Waals surface area contributed by atoms with Crippen LogP contribution in [0.5, 0.6) is 0 Å². The van der Waals surface area contributed by atoms with Crippen molar-refractivity contribution in [3.05, 3.63) is 30.6 Å². The van der Waals surface area contributed by atoms with Gasteiger partial charge in [0.2, 0.25) is 0 Å². The Labute approximate surface area is 86.7 Å². The minimum absolute atomic E-state index is 0.343. The van der Waals surface area contributed by atoms with Crippen LogP contribution in [-0.4, -0.2) is 33.2 Å². The molecule has 76 valence electrons. The molecule has 1 fully saturated rings. The second-order valence-electron chi connectivity index (χ2n) is 3.49. The van der Waals surface area contributed by atoms with Crippen LogP contribution in [0.25, 0.3) is 11.4 Å². The SMILES string of the molecule is c1ccc(-c2cn(C3COC3)nn2)nc1. The van der Waals surface area contributed by atoms with Gasteiger partial charge in [-0.1, -0.05) is 11.3 Å². The molecule has 0 saturated carbocycles. The molecule has 15 heavy (non-hydrogen) atoms. The van der Waals surface area contributed by atoms with Crippen LogP contribution in [-0.2, 0) is 4.74 Å². The zero-order valence-electron chi connectivity index (χ0n) is 8.08. The first kappa shape index (κ1) is 8.55. The van der Waals surface area contributed by atoms with Gasteiger partial charge < -0.3 is 4.74 Å². The molecule has 0 bridgehead atoms. The van der Waals surface area contributed by atoms with Gasteiger partial charge in [-0.3, -0.25) is 4.98 Å². The molecule has 0 atom stereocenters. The lowest BCUT2D eigenvalue weighted by atomic mass is 10.2. The van der Waals surface area contributed by atoms with Gasteiger partial charge in [-0.25, -0.2) is 4.68 Å². The van der Waals surface area contributed by atoms with E-state index in [0.717, 1.165) is 24.6 Å². The fourth-order valence-electron chi connectivity index (χ4n) is 1.46. The maximum Gasteiger partial charge on any atom is 0.131 e. The Bertz CT molecular complexity index is 449. The first-order valence-electron chi connectivity index (χ1n) is 4.84. The molecule has 3 heterocycles. The maximum absolute atomic E-state index is 5.10. The Kier molecular flexibility index (Phi) is 1.96. The number of aromatic nitrogens is 4. The smallest absolute Gasteiger partial charge is 0.131 e. The Morgan fingerprint density at radius 3 is 2.87 bits per heavy atom. The molecule has 0 aliphatic carbocycles. The molecule has 1 saturated heterocycles. The van der Waals surface area contributed by atoms with Crippen LogP contribution in [0.3, 0.4) is 0 Å². The van der Waals surface area contributed by atoms with Gasteiger partial charge >= 0.3 is 0 Å². The number of rotatable bonds is 2.